The van der Waals surface area contributed by atoms with Crippen LogP contribution in [-0.4, -0.2) is 39.4 Å². The van der Waals surface area contributed by atoms with E-state index in [1.165, 1.54) is 106 Å². The Morgan fingerprint density at radius 3 is 1.43 bits per heavy atom. The van der Waals surface area contributed by atoms with E-state index in [-0.39, 0.29) is 4.90 Å². The van der Waals surface area contributed by atoms with Gasteiger partial charge in [-0.2, -0.15) is 5.26 Å². The van der Waals surface area contributed by atoms with Crippen LogP contribution < -0.4 is 0 Å². The highest BCUT2D eigenvalue weighted by Gasteiger charge is 2.24. The molecule has 0 radical (unpaired) electrons. The average molecular weight is 409 g/mol. The molecule has 28 heavy (non-hydrogen) atoms. The Labute approximate surface area is 175 Å². The first-order valence-electron chi connectivity index (χ1n) is 10.9. The van der Waals surface area contributed by atoms with E-state index >= 15 is 0 Å². The molecule has 5 heteroatoms. The highest BCUT2D eigenvalue weighted by Crippen LogP contribution is 2.16. The lowest BCUT2D eigenvalue weighted by Gasteiger charge is -2.39. The maximum absolute atomic E-state index is 10.3. The molecule has 0 N–H and O–H groups in total. The summed E-state index contributed by atoms with van der Waals surface area (Å²) in [5, 5.41) is 8.36. The molecule has 0 saturated carbocycles. The molecule has 0 aliphatic rings. The predicted molar refractivity (Wildman–Crippen MR) is 118 cm³/mol. The quantitative estimate of drug-likeness (QED) is 0.306. The van der Waals surface area contributed by atoms with Gasteiger partial charge < -0.3 is 9.04 Å². The van der Waals surface area contributed by atoms with Gasteiger partial charge >= 0.3 is 0 Å². The molecule has 0 spiro atoms. The minimum absolute atomic E-state index is 0.198. The van der Waals surface area contributed by atoms with Gasteiger partial charge in [0.2, 0.25) is 0 Å². The van der Waals surface area contributed by atoms with Crippen molar-refractivity contribution in [1.82, 2.24) is 0 Å². The van der Waals surface area contributed by atoms with Crippen LogP contribution in [0.2, 0.25) is 0 Å². The van der Waals surface area contributed by atoms with Crippen LogP contribution in [0.4, 0.5) is 0 Å². The van der Waals surface area contributed by atoms with Gasteiger partial charge in [-0.25, -0.2) is 0 Å². The summed E-state index contributed by atoms with van der Waals surface area (Å²) < 4.78 is 22.1. The molecule has 0 aliphatic heterocycles. The second kappa shape index (κ2) is 16.7. The van der Waals surface area contributed by atoms with Crippen LogP contribution in [0.3, 0.4) is 0 Å². The Morgan fingerprint density at radius 1 is 0.821 bits per heavy atom. The number of quaternary nitrogens is 1. The third-order valence-electron chi connectivity index (χ3n) is 5.12. The Kier molecular flexibility index (Phi) is 16.0. The highest BCUT2D eigenvalue weighted by atomic mass is 32.2. The first-order chi connectivity index (χ1) is 13.5. The zero-order valence-electron chi connectivity index (χ0n) is 18.4. The van der Waals surface area contributed by atoms with E-state index in [0.29, 0.717) is 5.56 Å². The summed E-state index contributed by atoms with van der Waals surface area (Å²) >= 11 is -2.20. The van der Waals surface area contributed by atoms with Crippen molar-refractivity contribution in [3.8, 4) is 6.07 Å². The SMILES string of the molecule is CCCC[N+](CCCC)(CCCC)CCCC.N#Cc1ccc(S(=O)[O-])cc1. The lowest BCUT2D eigenvalue weighted by atomic mass is 10.1. The third kappa shape index (κ3) is 11.6. The van der Waals surface area contributed by atoms with Gasteiger partial charge in [-0.05, 0) is 61.0 Å². The molecule has 1 aromatic rings. The van der Waals surface area contributed by atoms with Crippen molar-refractivity contribution >= 4 is 11.1 Å². The summed E-state index contributed by atoms with van der Waals surface area (Å²) in [5.74, 6) is 0. The lowest BCUT2D eigenvalue weighted by molar-refractivity contribution is -0.929. The molecule has 0 fully saturated rings. The van der Waals surface area contributed by atoms with Gasteiger partial charge in [0.25, 0.3) is 0 Å². The smallest absolute Gasteiger partial charge is 0.0991 e. The average Bonchev–Trinajstić information content (AvgIpc) is 2.73. The van der Waals surface area contributed by atoms with Gasteiger partial charge in [0, 0.05) is 4.90 Å². The van der Waals surface area contributed by atoms with Crippen molar-refractivity contribution in [3.63, 3.8) is 0 Å². The Bertz CT molecular complexity index is 529. The van der Waals surface area contributed by atoms with Gasteiger partial charge in [-0.1, -0.05) is 53.4 Å². The van der Waals surface area contributed by atoms with Gasteiger partial charge in [-0.15, -0.1) is 0 Å². The van der Waals surface area contributed by atoms with Crippen LogP contribution in [0.15, 0.2) is 29.2 Å². The second-order valence-electron chi connectivity index (χ2n) is 7.52. The first kappa shape index (κ1) is 26.8. The predicted octanol–water partition coefficient (Wildman–Crippen LogP) is 5.80. The highest BCUT2D eigenvalue weighted by molar-refractivity contribution is 7.79. The topological polar surface area (TPSA) is 63.9 Å². The Balaban J connectivity index is 0.000000567. The molecular formula is C23H40N2O2S. The number of benzene rings is 1. The van der Waals surface area contributed by atoms with Gasteiger partial charge in [0.15, 0.2) is 0 Å². The van der Waals surface area contributed by atoms with E-state index < -0.39 is 11.1 Å². The van der Waals surface area contributed by atoms with Crippen LogP contribution in [0.25, 0.3) is 0 Å². The van der Waals surface area contributed by atoms with E-state index in [9.17, 15) is 8.76 Å². The molecule has 1 atom stereocenters. The largest absolute Gasteiger partial charge is 0.768 e. The van der Waals surface area contributed by atoms with Crippen LogP contribution in [0.5, 0.6) is 0 Å². The number of nitriles is 1. The zero-order valence-corrected chi connectivity index (χ0v) is 19.2. The van der Waals surface area contributed by atoms with E-state index in [2.05, 4.69) is 27.7 Å². The lowest BCUT2D eigenvalue weighted by Crippen LogP contribution is -2.50. The summed E-state index contributed by atoms with van der Waals surface area (Å²) in [5.41, 5.74) is 0.458. The summed E-state index contributed by atoms with van der Waals surface area (Å²) in [4.78, 5) is 0.198. The zero-order chi connectivity index (χ0) is 21.3. The van der Waals surface area contributed by atoms with Crippen molar-refractivity contribution in [2.75, 3.05) is 26.2 Å². The molecule has 4 nitrogen and oxygen atoms in total. The number of nitrogens with zero attached hydrogens (tertiary/aromatic N) is 2. The molecule has 0 aromatic heterocycles. The van der Waals surface area contributed by atoms with Crippen molar-refractivity contribution in [3.05, 3.63) is 29.8 Å². The molecule has 0 heterocycles. The molecule has 0 bridgehead atoms. The molecule has 0 aliphatic carbocycles. The fourth-order valence-corrected chi connectivity index (χ4v) is 3.64. The molecule has 0 saturated heterocycles. The normalized spacial score (nSPS) is 12.0. The monoisotopic (exact) mass is 408 g/mol. The van der Waals surface area contributed by atoms with Gasteiger partial charge in [0.1, 0.15) is 0 Å². The van der Waals surface area contributed by atoms with E-state index in [4.69, 9.17) is 5.26 Å². The maximum Gasteiger partial charge on any atom is 0.0991 e. The summed E-state index contributed by atoms with van der Waals surface area (Å²) in [7, 11) is 0. The minimum atomic E-state index is -2.20. The molecule has 1 rings (SSSR count). The molecule has 1 unspecified atom stereocenters. The molecular weight excluding hydrogens is 368 g/mol. The van der Waals surface area contributed by atoms with E-state index in [0.717, 1.165) is 0 Å². The van der Waals surface area contributed by atoms with Gasteiger partial charge in [0.05, 0.1) is 37.8 Å². The molecule has 160 valence electrons. The Hall–Kier alpha value is -1.22. The maximum atomic E-state index is 10.3. The van der Waals surface area contributed by atoms with E-state index in [1.807, 2.05) is 6.07 Å². The van der Waals surface area contributed by atoms with Crippen molar-refractivity contribution < 1.29 is 13.2 Å². The number of rotatable bonds is 13. The summed E-state index contributed by atoms with van der Waals surface area (Å²) in [6, 6.07) is 7.60. The minimum Gasteiger partial charge on any atom is -0.768 e. The number of unbranched alkanes of at least 4 members (excludes halogenated alkanes) is 4. The van der Waals surface area contributed by atoms with Crippen molar-refractivity contribution in [2.24, 2.45) is 0 Å². The number of hydrogen-bond donors (Lipinski definition) is 0. The van der Waals surface area contributed by atoms with Gasteiger partial charge in [-0.3, -0.25) is 4.21 Å². The van der Waals surface area contributed by atoms with Crippen LogP contribution in [0.1, 0.15) is 84.6 Å². The van der Waals surface area contributed by atoms with Crippen molar-refractivity contribution in [2.45, 2.75) is 84.0 Å². The third-order valence-corrected chi connectivity index (χ3v) is 5.78. The summed E-state index contributed by atoms with van der Waals surface area (Å²) in [6.07, 6.45) is 11.1. The first-order valence-corrected chi connectivity index (χ1v) is 12.0. The standard InChI is InChI=1S/C16H36N.C7H5NO2S/c1-5-9-13-17(14-10-6-2,15-11-7-3)16-12-8-4;8-5-6-1-3-7(4-2-6)11(9)10/h5-16H2,1-4H3;1-4H,(H,9,10)/q+1;/p-1. The molecule has 1 aromatic carbocycles. The van der Waals surface area contributed by atoms with Crippen molar-refractivity contribution in [1.29, 1.82) is 5.26 Å². The van der Waals surface area contributed by atoms with E-state index in [1.54, 1.807) is 0 Å². The number of hydrogen-bond acceptors (Lipinski definition) is 3. The fraction of sp³-hybridized carbons (Fsp3) is 0.696. The summed E-state index contributed by atoms with van der Waals surface area (Å²) in [6.45, 7) is 15.0. The van der Waals surface area contributed by atoms with Crippen LogP contribution in [-0.2, 0) is 11.1 Å². The molecule has 0 amide bonds. The second-order valence-corrected chi connectivity index (χ2v) is 8.46. The van der Waals surface area contributed by atoms with Crippen LogP contribution in [0, 0.1) is 11.3 Å². The Morgan fingerprint density at radius 2 is 1.18 bits per heavy atom. The fourth-order valence-electron chi connectivity index (χ4n) is 3.29. The van der Waals surface area contributed by atoms with Crippen LogP contribution >= 0.6 is 0 Å².